The Morgan fingerprint density at radius 3 is 2.53 bits per heavy atom. The van der Waals surface area contributed by atoms with Gasteiger partial charge >= 0.3 is 5.97 Å². The van der Waals surface area contributed by atoms with Crippen LogP contribution in [0.2, 0.25) is 0 Å². The molecule has 0 radical (unpaired) electrons. The number of ether oxygens (including phenoxy) is 1. The van der Waals surface area contributed by atoms with Crippen LogP contribution in [0.5, 0.6) is 5.75 Å². The Labute approximate surface area is 114 Å². The SMILES string of the molecule is C=C(C)C(=O)OCCc1ccc(O)c(C(C)(C)C)c1. The molecule has 1 aromatic carbocycles. The van der Waals surface area contributed by atoms with Crippen molar-refractivity contribution in [3.63, 3.8) is 0 Å². The highest BCUT2D eigenvalue weighted by Crippen LogP contribution is 2.31. The number of phenols is 1. The van der Waals surface area contributed by atoms with Gasteiger partial charge in [-0.1, -0.05) is 39.5 Å². The van der Waals surface area contributed by atoms with Crippen molar-refractivity contribution in [2.75, 3.05) is 6.61 Å². The molecular formula is C16H22O3. The fourth-order valence-corrected chi connectivity index (χ4v) is 1.72. The summed E-state index contributed by atoms with van der Waals surface area (Å²) >= 11 is 0. The van der Waals surface area contributed by atoms with E-state index >= 15 is 0 Å². The van der Waals surface area contributed by atoms with Crippen LogP contribution in [0.25, 0.3) is 0 Å². The molecule has 0 spiro atoms. The quantitative estimate of drug-likeness (QED) is 0.668. The number of hydrogen-bond acceptors (Lipinski definition) is 3. The molecule has 0 aliphatic carbocycles. The van der Waals surface area contributed by atoms with Crippen LogP contribution < -0.4 is 0 Å². The van der Waals surface area contributed by atoms with Crippen LogP contribution >= 0.6 is 0 Å². The molecular weight excluding hydrogens is 240 g/mol. The van der Waals surface area contributed by atoms with E-state index in [-0.39, 0.29) is 11.4 Å². The highest BCUT2D eigenvalue weighted by atomic mass is 16.5. The summed E-state index contributed by atoms with van der Waals surface area (Å²) in [4.78, 5) is 11.3. The smallest absolute Gasteiger partial charge is 0.333 e. The molecule has 0 atom stereocenters. The van der Waals surface area contributed by atoms with E-state index in [0.717, 1.165) is 11.1 Å². The maximum Gasteiger partial charge on any atom is 0.333 e. The van der Waals surface area contributed by atoms with Crippen molar-refractivity contribution in [2.45, 2.75) is 39.5 Å². The summed E-state index contributed by atoms with van der Waals surface area (Å²) < 4.78 is 5.06. The molecule has 0 saturated heterocycles. The van der Waals surface area contributed by atoms with Crippen LogP contribution in [0.15, 0.2) is 30.4 Å². The standard InChI is InChI=1S/C16H22O3/c1-11(2)15(18)19-9-8-12-6-7-14(17)13(10-12)16(3,4)5/h6-7,10,17H,1,8-9H2,2-5H3. The highest BCUT2D eigenvalue weighted by molar-refractivity contribution is 5.86. The van der Waals surface area contributed by atoms with Gasteiger partial charge in [-0.2, -0.15) is 0 Å². The third-order valence-corrected chi connectivity index (χ3v) is 2.84. The molecule has 0 aromatic heterocycles. The summed E-state index contributed by atoms with van der Waals surface area (Å²) in [6.07, 6.45) is 0.627. The van der Waals surface area contributed by atoms with Gasteiger partial charge in [-0.05, 0) is 29.5 Å². The monoisotopic (exact) mass is 262 g/mol. The maximum absolute atomic E-state index is 11.3. The van der Waals surface area contributed by atoms with Gasteiger partial charge in [0.2, 0.25) is 0 Å². The Balaban J connectivity index is 2.71. The minimum absolute atomic E-state index is 0.117. The lowest BCUT2D eigenvalue weighted by Crippen LogP contribution is -2.12. The van der Waals surface area contributed by atoms with Crippen LogP contribution in [0.3, 0.4) is 0 Å². The van der Waals surface area contributed by atoms with E-state index in [2.05, 4.69) is 6.58 Å². The molecule has 3 heteroatoms. The maximum atomic E-state index is 11.3. The number of carbonyl (C=O) groups is 1. The first-order valence-electron chi connectivity index (χ1n) is 6.37. The third kappa shape index (κ3) is 4.43. The second-order valence-electron chi connectivity index (χ2n) is 5.77. The first kappa shape index (κ1) is 15.3. The first-order chi connectivity index (χ1) is 8.71. The lowest BCUT2D eigenvalue weighted by atomic mass is 9.85. The Morgan fingerprint density at radius 1 is 1.37 bits per heavy atom. The van der Waals surface area contributed by atoms with Gasteiger partial charge in [0.05, 0.1) is 6.61 Å². The molecule has 0 aliphatic heterocycles. The summed E-state index contributed by atoms with van der Waals surface area (Å²) in [7, 11) is 0. The molecule has 0 aliphatic rings. The molecule has 0 saturated carbocycles. The largest absolute Gasteiger partial charge is 0.508 e. The van der Waals surface area contributed by atoms with Crippen LogP contribution in [0, 0.1) is 0 Å². The Bertz CT molecular complexity index is 481. The summed E-state index contributed by atoms with van der Waals surface area (Å²) in [5.74, 6) is -0.0648. The van der Waals surface area contributed by atoms with Gasteiger partial charge in [-0.25, -0.2) is 4.79 Å². The average molecular weight is 262 g/mol. The van der Waals surface area contributed by atoms with E-state index < -0.39 is 0 Å². The molecule has 0 fully saturated rings. The average Bonchev–Trinajstić information content (AvgIpc) is 2.29. The van der Waals surface area contributed by atoms with Gasteiger partial charge in [0.15, 0.2) is 0 Å². The Kier molecular flexibility index (Phi) is 4.76. The second-order valence-corrected chi connectivity index (χ2v) is 5.77. The van der Waals surface area contributed by atoms with Gasteiger partial charge in [0.1, 0.15) is 5.75 Å². The number of rotatable bonds is 4. The number of carbonyl (C=O) groups excluding carboxylic acids is 1. The summed E-state index contributed by atoms with van der Waals surface area (Å²) in [5, 5.41) is 9.86. The molecule has 3 nitrogen and oxygen atoms in total. The van der Waals surface area contributed by atoms with Crippen molar-refractivity contribution in [1.82, 2.24) is 0 Å². The highest BCUT2D eigenvalue weighted by Gasteiger charge is 2.18. The van der Waals surface area contributed by atoms with Gasteiger partial charge in [0.25, 0.3) is 0 Å². The topological polar surface area (TPSA) is 46.5 Å². The summed E-state index contributed by atoms with van der Waals surface area (Å²) in [6, 6.07) is 5.50. The number of benzene rings is 1. The third-order valence-electron chi connectivity index (χ3n) is 2.84. The zero-order chi connectivity index (χ0) is 14.6. The van der Waals surface area contributed by atoms with Crippen molar-refractivity contribution in [1.29, 1.82) is 0 Å². The van der Waals surface area contributed by atoms with Gasteiger partial charge in [-0.15, -0.1) is 0 Å². The zero-order valence-corrected chi connectivity index (χ0v) is 12.1. The van der Waals surface area contributed by atoms with Gasteiger partial charge in [-0.3, -0.25) is 0 Å². The van der Waals surface area contributed by atoms with Crippen LogP contribution in [0.1, 0.15) is 38.8 Å². The predicted molar refractivity (Wildman–Crippen MR) is 76.3 cm³/mol. The normalized spacial score (nSPS) is 11.2. The van der Waals surface area contributed by atoms with Crippen LogP contribution in [-0.2, 0) is 21.4 Å². The first-order valence-corrected chi connectivity index (χ1v) is 6.37. The van der Waals surface area contributed by atoms with Crippen LogP contribution in [0.4, 0.5) is 0 Å². The molecule has 104 valence electrons. The molecule has 1 N–H and O–H groups in total. The van der Waals surface area contributed by atoms with Crippen molar-refractivity contribution < 1.29 is 14.6 Å². The minimum atomic E-state index is -0.366. The number of esters is 1. The fraction of sp³-hybridized carbons (Fsp3) is 0.438. The van der Waals surface area contributed by atoms with Crippen molar-refractivity contribution >= 4 is 5.97 Å². The lowest BCUT2D eigenvalue weighted by Gasteiger charge is -2.21. The minimum Gasteiger partial charge on any atom is -0.508 e. The molecule has 0 unspecified atom stereocenters. The predicted octanol–water partition coefficient (Wildman–Crippen LogP) is 3.35. The Hall–Kier alpha value is -1.77. The van der Waals surface area contributed by atoms with E-state index in [1.54, 1.807) is 13.0 Å². The van der Waals surface area contributed by atoms with Gasteiger partial charge in [0, 0.05) is 12.0 Å². The number of aromatic hydroxyl groups is 1. The summed E-state index contributed by atoms with van der Waals surface area (Å²) in [6.45, 7) is 11.6. The Morgan fingerprint density at radius 2 is 2.00 bits per heavy atom. The molecule has 1 rings (SSSR count). The number of hydrogen-bond donors (Lipinski definition) is 1. The van der Waals surface area contributed by atoms with Crippen molar-refractivity contribution in [3.05, 3.63) is 41.5 Å². The molecule has 1 aromatic rings. The van der Waals surface area contributed by atoms with Crippen molar-refractivity contribution in [3.8, 4) is 5.75 Å². The fourth-order valence-electron chi connectivity index (χ4n) is 1.72. The zero-order valence-electron chi connectivity index (χ0n) is 12.1. The van der Waals surface area contributed by atoms with E-state index in [1.165, 1.54) is 0 Å². The molecule has 0 heterocycles. The molecule has 0 amide bonds. The van der Waals surface area contributed by atoms with E-state index in [1.807, 2.05) is 32.9 Å². The van der Waals surface area contributed by atoms with E-state index in [9.17, 15) is 9.90 Å². The van der Waals surface area contributed by atoms with E-state index in [4.69, 9.17) is 4.74 Å². The number of phenolic OH excluding ortho intramolecular Hbond substituents is 1. The lowest BCUT2D eigenvalue weighted by molar-refractivity contribution is -0.138. The van der Waals surface area contributed by atoms with Crippen LogP contribution in [-0.4, -0.2) is 17.7 Å². The second kappa shape index (κ2) is 5.91. The van der Waals surface area contributed by atoms with Gasteiger partial charge < -0.3 is 9.84 Å². The molecule has 0 bridgehead atoms. The van der Waals surface area contributed by atoms with E-state index in [0.29, 0.717) is 24.4 Å². The molecule has 19 heavy (non-hydrogen) atoms. The summed E-state index contributed by atoms with van der Waals surface area (Å²) in [5.41, 5.74) is 2.23. The van der Waals surface area contributed by atoms with Crippen molar-refractivity contribution in [2.24, 2.45) is 0 Å².